The molecular weight excluding hydrogens is 474 g/mol. The quantitative estimate of drug-likeness (QED) is 0.355. The molecule has 0 radical (unpaired) electrons. The van der Waals surface area contributed by atoms with Crippen LogP contribution in [0.5, 0.6) is 0 Å². The normalized spacial score (nSPS) is 25.8. The lowest BCUT2D eigenvalue weighted by atomic mass is 10.1. The van der Waals surface area contributed by atoms with Gasteiger partial charge < -0.3 is 21.4 Å². The molecule has 3 fully saturated rings. The number of aromatic amines is 1. The highest BCUT2D eigenvalue weighted by atomic mass is 35.5. The molecule has 34 heavy (non-hydrogen) atoms. The van der Waals surface area contributed by atoms with E-state index in [0.717, 1.165) is 34.6 Å². The van der Waals surface area contributed by atoms with E-state index in [1.165, 1.54) is 11.8 Å². The number of nitrogens with zero attached hydrogens (tertiary/aromatic N) is 6. The van der Waals surface area contributed by atoms with Crippen molar-refractivity contribution in [3.63, 3.8) is 0 Å². The Balaban J connectivity index is 1.29. The van der Waals surface area contributed by atoms with Gasteiger partial charge in [-0.15, -0.1) is 0 Å². The Labute approximate surface area is 202 Å². The van der Waals surface area contributed by atoms with Crippen molar-refractivity contribution in [3.8, 4) is 0 Å². The van der Waals surface area contributed by atoms with Crippen molar-refractivity contribution >= 4 is 57.3 Å². The topological polar surface area (TPSA) is 153 Å². The molecule has 0 aromatic carbocycles. The third-order valence-corrected chi connectivity index (χ3v) is 8.45. The number of hydrogen-bond donors (Lipinski definition) is 3. The molecule has 5 N–H and O–H groups in total. The molecule has 12 heteroatoms. The molecule has 10 nitrogen and oxygen atoms in total. The Hall–Kier alpha value is -3.02. The Bertz CT molecular complexity index is 1490. The van der Waals surface area contributed by atoms with Crippen molar-refractivity contribution in [1.29, 1.82) is 0 Å². The van der Waals surface area contributed by atoms with Crippen molar-refractivity contribution < 1.29 is 4.79 Å². The van der Waals surface area contributed by atoms with Gasteiger partial charge in [-0.2, -0.15) is 0 Å². The first kappa shape index (κ1) is 20.4. The van der Waals surface area contributed by atoms with Crippen LogP contribution in [0.15, 0.2) is 34.7 Å². The standard InChI is InChI=1S/C22H20ClN9OS/c23-15-14-18(29-16(15)9-1-2-9)30-21(34-10-5-13-17(28-6-10)27-4-3-26-13)31-19(14)32-7-11-12(8-32)22(11,25)20(24)33/h3-6,9,11-12H,1-2,7-8,25H2,(H2,24,33)(H,29,30,31). The number of piperidine rings is 1. The van der Waals surface area contributed by atoms with Crippen molar-refractivity contribution in [3.05, 3.63) is 35.4 Å². The molecule has 2 atom stereocenters. The number of halogens is 1. The summed E-state index contributed by atoms with van der Waals surface area (Å²) in [6, 6.07) is 1.92. The van der Waals surface area contributed by atoms with Crippen molar-refractivity contribution in [1.82, 2.24) is 29.9 Å². The van der Waals surface area contributed by atoms with Gasteiger partial charge in [-0.1, -0.05) is 11.6 Å². The van der Waals surface area contributed by atoms with Crippen LogP contribution >= 0.6 is 23.4 Å². The van der Waals surface area contributed by atoms with E-state index in [-0.39, 0.29) is 11.8 Å². The number of fused-ring (bicyclic) bond motifs is 3. The summed E-state index contributed by atoms with van der Waals surface area (Å²) in [5.74, 6) is 0.805. The minimum atomic E-state index is -0.918. The first-order valence-electron chi connectivity index (χ1n) is 11.1. The van der Waals surface area contributed by atoms with Crippen LogP contribution in [0.4, 0.5) is 5.82 Å². The van der Waals surface area contributed by atoms with E-state index >= 15 is 0 Å². The third-order valence-electron chi connectivity index (χ3n) is 7.24. The van der Waals surface area contributed by atoms with Crippen LogP contribution in [0.1, 0.15) is 24.5 Å². The molecule has 7 rings (SSSR count). The SMILES string of the molecule is NC(=O)C1(N)C2CN(c3nc(Sc4cnc5nccnc5c4)nc4[nH]c(C5CC5)c(Cl)c34)CC21. The first-order chi connectivity index (χ1) is 16.4. The molecule has 5 heterocycles. The molecule has 0 bridgehead atoms. The Morgan fingerprint density at radius 1 is 1.18 bits per heavy atom. The lowest BCUT2D eigenvalue weighted by molar-refractivity contribution is -0.120. The Morgan fingerprint density at radius 2 is 1.94 bits per heavy atom. The van der Waals surface area contributed by atoms with Crippen LogP contribution in [0, 0.1) is 11.8 Å². The summed E-state index contributed by atoms with van der Waals surface area (Å²) in [6.07, 6.45) is 7.23. The van der Waals surface area contributed by atoms with Crippen LogP contribution in [0.3, 0.4) is 0 Å². The smallest absolute Gasteiger partial charge is 0.238 e. The zero-order valence-electron chi connectivity index (χ0n) is 17.9. The van der Waals surface area contributed by atoms with Crippen LogP contribution < -0.4 is 16.4 Å². The first-order valence-corrected chi connectivity index (χ1v) is 12.3. The van der Waals surface area contributed by atoms with E-state index in [1.54, 1.807) is 18.6 Å². The molecule has 2 unspecified atom stereocenters. The number of amides is 1. The summed E-state index contributed by atoms with van der Waals surface area (Å²) < 4.78 is 0. The average Bonchev–Trinajstić information content (AvgIpc) is 3.67. The van der Waals surface area contributed by atoms with Crippen LogP contribution in [-0.2, 0) is 4.79 Å². The second kappa shape index (κ2) is 7.00. The molecule has 2 aliphatic carbocycles. The maximum Gasteiger partial charge on any atom is 0.238 e. The van der Waals surface area contributed by atoms with E-state index < -0.39 is 11.4 Å². The average molecular weight is 494 g/mol. The molecule has 4 aromatic rings. The number of carbonyl (C=O) groups is 1. The highest BCUT2D eigenvalue weighted by molar-refractivity contribution is 7.99. The molecule has 1 aliphatic heterocycles. The van der Waals surface area contributed by atoms with Crippen molar-refractivity contribution in [2.45, 2.75) is 34.4 Å². The number of aromatic nitrogens is 6. The molecule has 2 saturated carbocycles. The third kappa shape index (κ3) is 2.93. The number of anilines is 1. The zero-order valence-corrected chi connectivity index (χ0v) is 19.5. The van der Waals surface area contributed by atoms with Crippen molar-refractivity contribution in [2.75, 3.05) is 18.0 Å². The second-order valence-electron chi connectivity index (χ2n) is 9.27. The summed E-state index contributed by atoms with van der Waals surface area (Å²) in [5, 5.41) is 2.07. The number of H-pyrrole nitrogens is 1. The summed E-state index contributed by atoms with van der Waals surface area (Å²) in [6.45, 7) is 1.21. The van der Waals surface area contributed by atoms with Gasteiger partial charge >= 0.3 is 0 Å². The number of rotatable bonds is 5. The fourth-order valence-electron chi connectivity index (χ4n) is 5.17. The Kier molecular flexibility index (Phi) is 4.19. The predicted octanol–water partition coefficient (Wildman–Crippen LogP) is 2.23. The number of nitrogens with one attached hydrogen (secondary N) is 1. The summed E-state index contributed by atoms with van der Waals surface area (Å²) in [5.41, 5.74) is 13.9. The fourth-order valence-corrected chi connectivity index (χ4v) is 6.31. The molecule has 0 spiro atoms. The van der Waals surface area contributed by atoms with Gasteiger partial charge in [0.15, 0.2) is 10.8 Å². The lowest BCUT2D eigenvalue weighted by Crippen LogP contribution is -2.47. The maximum absolute atomic E-state index is 11.9. The van der Waals surface area contributed by atoms with Gasteiger partial charge in [0.25, 0.3) is 0 Å². The van der Waals surface area contributed by atoms with Gasteiger partial charge in [0, 0.05) is 60.0 Å². The summed E-state index contributed by atoms with van der Waals surface area (Å²) in [7, 11) is 0. The number of pyridine rings is 1. The van der Waals surface area contributed by atoms with Gasteiger partial charge in [0.1, 0.15) is 22.5 Å². The number of carbonyl (C=O) groups excluding carboxylic acids is 1. The number of primary amides is 1. The van der Waals surface area contributed by atoms with Gasteiger partial charge in [0.05, 0.1) is 10.4 Å². The molecule has 3 aliphatic rings. The summed E-state index contributed by atoms with van der Waals surface area (Å²) >= 11 is 8.24. The fraction of sp³-hybridized carbons (Fsp3) is 0.364. The molecule has 1 amide bonds. The van der Waals surface area contributed by atoms with Gasteiger partial charge in [-0.25, -0.2) is 19.9 Å². The predicted molar refractivity (Wildman–Crippen MR) is 128 cm³/mol. The Morgan fingerprint density at radius 3 is 2.68 bits per heavy atom. The van der Waals surface area contributed by atoms with E-state index in [2.05, 4.69) is 24.8 Å². The molecule has 172 valence electrons. The largest absolute Gasteiger partial charge is 0.368 e. The van der Waals surface area contributed by atoms with E-state index in [9.17, 15) is 4.79 Å². The minimum Gasteiger partial charge on any atom is -0.368 e. The van der Waals surface area contributed by atoms with E-state index in [1.807, 2.05) is 6.07 Å². The minimum absolute atomic E-state index is 0.0231. The van der Waals surface area contributed by atoms with Crippen LogP contribution in [0.25, 0.3) is 22.2 Å². The number of nitrogens with two attached hydrogens (primary N) is 2. The highest BCUT2D eigenvalue weighted by Crippen LogP contribution is 2.55. The monoisotopic (exact) mass is 493 g/mol. The summed E-state index contributed by atoms with van der Waals surface area (Å²) in [4.78, 5) is 40.9. The van der Waals surface area contributed by atoms with Gasteiger partial charge in [-0.3, -0.25) is 9.78 Å². The van der Waals surface area contributed by atoms with E-state index in [4.69, 9.17) is 33.0 Å². The lowest BCUT2D eigenvalue weighted by Gasteiger charge is -2.24. The second-order valence-corrected chi connectivity index (χ2v) is 10.7. The van der Waals surface area contributed by atoms with Crippen LogP contribution in [0.2, 0.25) is 5.02 Å². The highest BCUT2D eigenvalue weighted by Gasteiger charge is 2.70. The molecular formula is C22H20ClN9OS. The van der Waals surface area contributed by atoms with E-state index in [0.29, 0.717) is 46.0 Å². The van der Waals surface area contributed by atoms with Gasteiger partial charge in [-0.05, 0) is 30.7 Å². The molecule has 1 saturated heterocycles. The number of hydrogen-bond acceptors (Lipinski definition) is 9. The zero-order chi connectivity index (χ0) is 23.2. The van der Waals surface area contributed by atoms with Crippen LogP contribution in [-0.4, -0.2) is 54.4 Å². The molecule has 4 aromatic heterocycles. The maximum atomic E-state index is 11.9. The van der Waals surface area contributed by atoms with Crippen molar-refractivity contribution in [2.24, 2.45) is 23.3 Å². The van der Waals surface area contributed by atoms with Gasteiger partial charge in [0.2, 0.25) is 5.91 Å².